The number of carbonyl (C=O) groups is 1. The Balaban J connectivity index is 2.12. The first kappa shape index (κ1) is 15.0. The van der Waals surface area contributed by atoms with Gasteiger partial charge in [0.15, 0.2) is 0 Å². The van der Waals surface area contributed by atoms with Crippen molar-refractivity contribution < 1.29 is 9.32 Å². The molecule has 1 saturated heterocycles. The summed E-state index contributed by atoms with van der Waals surface area (Å²) in [6.07, 6.45) is 0. The third-order valence-corrected chi connectivity index (χ3v) is 4.14. The number of hydrogen-bond donors (Lipinski definition) is 1. The number of hydrogen-bond acceptors (Lipinski definition) is 5. The van der Waals surface area contributed by atoms with E-state index in [4.69, 9.17) is 4.52 Å². The molecule has 6 heteroatoms. The molecular formula is C16H22N4O2. The molecule has 2 aromatic heterocycles. The van der Waals surface area contributed by atoms with Gasteiger partial charge in [0.2, 0.25) is 0 Å². The van der Waals surface area contributed by atoms with E-state index >= 15 is 0 Å². The summed E-state index contributed by atoms with van der Waals surface area (Å²) in [7, 11) is 0. The van der Waals surface area contributed by atoms with Gasteiger partial charge in [-0.25, -0.2) is 4.98 Å². The van der Waals surface area contributed by atoms with E-state index < -0.39 is 0 Å². The Hall–Kier alpha value is -1.95. The summed E-state index contributed by atoms with van der Waals surface area (Å²) >= 11 is 0. The minimum Gasteiger partial charge on any atom is -0.335 e. The predicted molar refractivity (Wildman–Crippen MR) is 84.0 cm³/mol. The maximum atomic E-state index is 13.1. The fraction of sp³-hybridized carbons (Fsp3) is 0.562. The van der Waals surface area contributed by atoms with Gasteiger partial charge >= 0.3 is 0 Å². The van der Waals surface area contributed by atoms with Crippen LogP contribution in [0.25, 0.3) is 11.1 Å². The van der Waals surface area contributed by atoms with Crippen LogP contribution < -0.4 is 5.32 Å². The summed E-state index contributed by atoms with van der Waals surface area (Å²) in [4.78, 5) is 19.3. The van der Waals surface area contributed by atoms with Crippen molar-refractivity contribution in [1.82, 2.24) is 20.4 Å². The van der Waals surface area contributed by atoms with Crippen LogP contribution in [0.5, 0.6) is 0 Å². The Labute approximate surface area is 129 Å². The minimum absolute atomic E-state index is 0.0367. The first-order valence-corrected chi connectivity index (χ1v) is 7.77. The van der Waals surface area contributed by atoms with Crippen LogP contribution in [-0.2, 0) is 0 Å². The lowest BCUT2D eigenvalue weighted by Gasteiger charge is -2.34. The third kappa shape index (κ3) is 2.47. The Morgan fingerprint density at radius 1 is 1.50 bits per heavy atom. The van der Waals surface area contributed by atoms with Crippen molar-refractivity contribution >= 4 is 17.0 Å². The van der Waals surface area contributed by atoms with Gasteiger partial charge in [-0.05, 0) is 25.8 Å². The van der Waals surface area contributed by atoms with E-state index in [-0.39, 0.29) is 17.9 Å². The topological polar surface area (TPSA) is 71.3 Å². The molecule has 6 nitrogen and oxygen atoms in total. The van der Waals surface area contributed by atoms with Gasteiger partial charge in [-0.2, -0.15) is 0 Å². The molecule has 0 aromatic carbocycles. The van der Waals surface area contributed by atoms with Crippen LogP contribution in [0.15, 0.2) is 10.6 Å². The summed E-state index contributed by atoms with van der Waals surface area (Å²) in [6.45, 7) is 10.4. The van der Waals surface area contributed by atoms with Crippen LogP contribution in [0.2, 0.25) is 0 Å². The highest BCUT2D eigenvalue weighted by molar-refractivity contribution is 6.06. The smallest absolute Gasteiger partial charge is 0.259 e. The molecule has 118 valence electrons. The second-order valence-electron chi connectivity index (χ2n) is 6.27. The van der Waals surface area contributed by atoms with Gasteiger partial charge in [-0.1, -0.05) is 19.0 Å². The first-order valence-electron chi connectivity index (χ1n) is 7.77. The maximum Gasteiger partial charge on any atom is 0.259 e. The number of nitrogens with zero attached hydrogens (tertiary/aromatic N) is 3. The molecule has 1 N–H and O–H groups in total. The van der Waals surface area contributed by atoms with Crippen molar-refractivity contribution in [2.75, 3.05) is 19.6 Å². The molecule has 1 aliphatic rings. The molecule has 3 rings (SSSR count). The van der Waals surface area contributed by atoms with E-state index in [9.17, 15) is 4.79 Å². The van der Waals surface area contributed by atoms with E-state index in [1.807, 2.05) is 31.7 Å². The Bertz CT molecular complexity index is 707. The lowest BCUT2D eigenvalue weighted by molar-refractivity contribution is 0.0657. The quantitative estimate of drug-likeness (QED) is 0.919. The van der Waals surface area contributed by atoms with Crippen molar-refractivity contribution in [1.29, 1.82) is 0 Å². The molecule has 1 fully saturated rings. The Morgan fingerprint density at radius 3 is 2.95 bits per heavy atom. The molecular weight excluding hydrogens is 280 g/mol. The zero-order chi connectivity index (χ0) is 15.9. The van der Waals surface area contributed by atoms with Crippen LogP contribution in [0, 0.1) is 6.92 Å². The number of rotatable bonds is 2. The van der Waals surface area contributed by atoms with Crippen LogP contribution in [0.4, 0.5) is 0 Å². The molecule has 1 unspecified atom stereocenters. The predicted octanol–water partition coefficient (Wildman–Crippen LogP) is 2.09. The maximum absolute atomic E-state index is 13.1. The van der Waals surface area contributed by atoms with E-state index in [0.717, 1.165) is 29.9 Å². The molecule has 0 saturated carbocycles. The molecule has 0 bridgehead atoms. The number of aryl methyl sites for hydroxylation is 1. The number of carbonyl (C=O) groups excluding carboxylic acids is 1. The lowest BCUT2D eigenvalue weighted by Crippen LogP contribution is -2.52. The lowest BCUT2D eigenvalue weighted by atomic mass is 10.0. The van der Waals surface area contributed by atoms with Crippen molar-refractivity contribution in [3.05, 3.63) is 23.0 Å². The van der Waals surface area contributed by atoms with E-state index in [1.165, 1.54) is 0 Å². The van der Waals surface area contributed by atoms with Crippen LogP contribution >= 0.6 is 0 Å². The summed E-state index contributed by atoms with van der Waals surface area (Å²) in [5.41, 5.74) is 2.68. The van der Waals surface area contributed by atoms with Crippen LogP contribution in [0.3, 0.4) is 0 Å². The molecule has 0 aliphatic carbocycles. The fourth-order valence-electron chi connectivity index (χ4n) is 2.96. The Morgan fingerprint density at radius 2 is 2.27 bits per heavy atom. The van der Waals surface area contributed by atoms with Crippen molar-refractivity contribution in [3.63, 3.8) is 0 Å². The number of aromatic nitrogens is 2. The van der Waals surface area contributed by atoms with E-state index in [0.29, 0.717) is 17.8 Å². The second kappa shape index (κ2) is 5.68. The van der Waals surface area contributed by atoms with Crippen LogP contribution in [-0.4, -0.2) is 46.6 Å². The Kier molecular flexibility index (Phi) is 3.87. The zero-order valence-corrected chi connectivity index (χ0v) is 13.5. The molecule has 0 spiro atoms. The van der Waals surface area contributed by atoms with Gasteiger partial charge in [0.05, 0.1) is 16.6 Å². The average Bonchev–Trinajstić information content (AvgIpc) is 2.90. The zero-order valence-electron chi connectivity index (χ0n) is 13.5. The minimum atomic E-state index is 0.0367. The van der Waals surface area contributed by atoms with Crippen molar-refractivity contribution in [2.45, 2.75) is 39.7 Å². The normalized spacial score (nSPS) is 19.1. The van der Waals surface area contributed by atoms with Crippen molar-refractivity contribution in [2.24, 2.45) is 0 Å². The summed E-state index contributed by atoms with van der Waals surface area (Å²) in [5.74, 6) is 0.215. The summed E-state index contributed by atoms with van der Waals surface area (Å²) in [5, 5.41) is 8.19. The van der Waals surface area contributed by atoms with Crippen LogP contribution in [0.1, 0.15) is 48.4 Å². The standard InChI is InChI=1S/C16H22N4O2/c1-9(2)14-13-12(7-10(3)18-15(13)22-19-14)16(21)20-6-5-17-8-11(20)4/h7,9,11,17H,5-6,8H2,1-4H3. The molecule has 3 heterocycles. The summed E-state index contributed by atoms with van der Waals surface area (Å²) in [6, 6.07) is 2.02. The fourth-order valence-corrected chi connectivity index (χ4v) is 2.96. The average molecular weight is 302 g/mol. The third-order valence-electron chi connectivity index (χ3n) is 4.14. The molecule has 1 atom stereocenters. The SMILES string of the molecule is Cc1cc(C(=O)N2CCNCC2C)c2c(C(C)C)noc2n1. The van der Waals surface area contributed by atoms with Gasteiger partial charge in [-0.3, -0.25) is 4.79 Å². The second-order valence-corrected chi connectivity index (χ2v) is 6.27. The summed E-state index contributed by atoms with van der Waals surface area (Å²) < 4.78 is 5.35. The first-order chi connectivity index (χ1) is 10.5. The number of nitrogens with one attached hydrogen (secondary N) is 1. The van der Waals surface area contributed by atoms with E-state index in [2.05, 4.69) is 22.4 Å². The van der Waals surface area contributed by atoms with Gasteiger partial charge in [0, 0.05) is 31.4 Å². The highest BCUT2D eigenvalue weighted by atomic mass is 16.5. The molecule has 2 aromatic rings. The molecule has 0 radical (unpaired) electrons. The molecule has 1 amide bonds. The van der Waals surface area contributed by atoms with Gasteiger partial charge in [0.1, 0.15) is 0 Å². The monoisotopic (exact) mass is 302 g/mol. The molecule has 1 aliphatic heterocycles. The van der Waals surface area contributed by atoms with Gasteiger partial charge in [-0.15, -0.1) is 0 Å². The highest BCUT2D eigenvalue weighted by Gasteiger charge is 2.28. The highest BCUT2D eigenvalue weighted by Crippen LogP contribution is 2.28. The van der Waals surface area contributed by atoms with Gasteiger partial charge in [0.25, 0.3) is 11.6 Å². The number of fused-ring (bicyclic) bond motifs is 1. The van der Waals surface area contributed by atoms with E-state index in [1.54, 1.807) is 0 Å². The van der Waals surface area contributed by atoms with Gasteiger partial charge < -0.3 is 14.7 Å². The largest absolute Gasteiger partial charge is 0.335 e. The number of pyridine rings is 1. The number of piperazine rings is 1. The molecule has 22 heavy (non-hydrogen) atoms. The number of amides is 1. The van der Waals surface area contributed by atoms with Crippen molar-refractivity contribution in [3.8, 4) is 0 Å².